The first-order chi connectivity index (χ1) is 6.69. The number of tetrazole rings is 1. The molecule has 0 atom stereocenters. The van der Waals surface area contributed by atoms with Gasteiger partial charge in [-0.25, -0.2) is 0 Å². The molecule has 0 spiro atoms. The van der Waals surface area contributed by atoms with Crippen LogP contribution in [-0.4, -0.2) is 31.3 Å². The molecule has 0 radical (unpaired) electrons. The van der Waals surface area contributed by atoms with Gasteiger partial charge in [0, 0.05) is 0 Å². The fraction of sp³-hybridized carbons (Fsp3) is 0.750. The minimum Gasteiger partial charge on any atom is -0.480 e. The van der Waals surface area contributed by atoms with Gasteiger partial charge < -0.3 is 5.11 Å². The number of hydrogen-bond donors (Lipinski definition) is 1. The van der Waals surface area contributed by atoms with Crippen LogP contribution in [-0.2, 0) is 16.8 Å². The van der Waals surface area contributed by atoms with Crippen molar-refractivity contribution in [1.82, 2.24) is 20.2 Å². The van der Waals surface area contributed by atoms with Gasteiger partial charge in [0.1, 0.15) is 5.41 Å². The van der Waals surface area contributed by atoms with Gasteiger partial charge in [-0.1, -0.05) is 6.42 Å². The van der Waals surface area contributed by atoms with E-state index < -0.39 is 11.4 Å². The van der Waals surface area contributed by atoms with E-state index in [0.717, 1.165) is 6.42 Å². The van der Waals surface area contributed by atoms with E-state index in [9.17, 15) is 4.79 Å². The summed E-state index contributed by atoms with van der Waals surface area (Å²) < 4.78 is 0. The Morgan fingerprint density at radius 3 is 2.71 bits per heavy atom. The highest BCUT2D eigenvalue weighted by atomic mass is 16.4. The summed E-state index contributed by atoms with van der Waals surface area (Å²) in [7, 11) is 0. The molecule has 1 N–H and O–H groups in total. The van der Waals surface area contributed by atoms with Gasteiger partial charge in [-0.15, -0.1) is 10.2 Å². The van der Waals surface area contributed by atoms with Gasteiger partial charge in [0.2, 0.25) is 0 Å². The highest BCUT2D eigenvalue weighted by Gasteiger charge is 2.49. The average Bonchev–Trinajstić information content (AvgIpc) is 2.50. The number of carboxylic acid groups (broad SMARTS) is 1. The second-order valence-electron chi connectivity index (χ2n) is 3.54. The molecule has 1 aliphatic carbocycles. The number of carbonyl (C=O) groups is 1. The van der Waals surface area contributed by atoms with Gasteiger partial charge in [-0.05, 0) is 25.0 Å². The van der Waals surface area contributed by atoms with Crippen molar-refractivity contribution in [1.29, 1.82) is 0 Å². The summed E-state index contributed by atoms with van der Waals surface area (Å²) in [5, 5.41) is 20.7. The molecule has 76 valence electrons. The Kier molecular flexibility index (Phi) is 1.98. The van der Waals surface area contributed by atoms with E-state index in [1.54, 1.807) is 0 Å². The lowest BCUT2D eigenvalue weighted by Gasteiger charge is -2.34. The van der Waals surface area contributed by atoms with E-state index in [-0.39, 0.29) is 0 Å². The Bertz CT molecular complexity index is 356. The summed E-state index contributed by atoms with van der Waals surface area (Å²) in [5.41, 5.74) is -0.854. The molecule has 1 fully saturated rings. The normalized spacial score (nSPS) is 18.9. The fourth-order valence-corrected chi connectivity index (χ4v) is 1.63. The highest BCUT2D eigenvalue weighted by Crippen LogP contribution is 2.41. The van der Waals surface area contributed by atoms with Crippen molar-refractivity contribution >= 4 is 5.97 Å². The Hall–Kier alpha value is -1.46. The molecule has 0 bridgehead atoms. The van der Waals surface area contributed by atoms with E-state index in [1.165, 1.54) is 4.80 Å². The average molecular weight is 196 g/mol. The van der Waals surface area contributed by atoms with Crippen LogP contribution in [0.5, 0.6) is 0 Å². The molecule has 0 aliphatic heterocycles. The first-order valence-corrected chi connectivity index (χ1v) is 4.71. The highest BCUT2D eigenvalue weighted by molar-refractivity contribution is 5.81. The topological polar surface area (TPSA) is 80.9 Å². The molecule has 6 nitrogen and oxygen atoms in total. The molecule has 0 amide bonds. The molecule has 1 aliphatic rings. The summed E-state index contributed by atoms with van der Waals surface area (Å²) in [5.74, 6) is -0.475. The second kappa shape index (κ2) is 3.04. The number of hydrogen-bond acceptors (Lipinski definition) is 4. The molecule has 0 aromatic carbocycles. The third-order valence-corrected chi connectivity index (χ3v) is 2.78. The maximum atomic E-state index is 11.1. The number of nitrogens with zero attached hydrogens (tertiary/aromatic N) is 4. The van der Waals surface area contributed by atoms with Gasteiger partial charge in [0.25, 0.3) is 0 Å². The molecule has 1 heterocycles. The van der Waals surface area contributed by atoms with Gasteiger partial charge in [-0.2, -0.15) is 4.80 Å². The summed E-state index contributed by atoms with van der Waals surface area (Å²) in [6.07, 6.45) is 2.17. The van der Waals surface area contributed by atoms with Crippen molar-refractivity contribution in [3.8, 4) is 0 Å². The summed E-state index contributed by atoms with van der Waals surface area (Å²) >= 11 is 0. The molecule has 1 aromatic heterocycles. The predicted octanol–water partition coefficient (Wildman–Crippen LogP) is 0.199. The largest absolute Gasteiger partial charge is 0.480 e. The van der Waals surface area contributed by atoms with Crippen LogP contribution in [0.25, 0.3) is 0 Å². The molecule has 6 heteroatoms. The van der Waals surface area contributed by atoms with Gasteiger partial charge in [-0.3, -0.25) is 4.79 Å². The van der Waals surface area contributed by atoms with Crippen molar-refractivity contribution < 1.29 is 9.90 Å². The van der Waals surface area contributed by atoms with Crippen molar-refractivity contribution in [2.24, 2.45) is 0 Å². The maximum Gasteiger partial charge on any atom is 0.317 e. The molecular formula is C8H12N4O2. The number of aliphatic carboxylic acids is 1. The van der Waals surface area contributed by atoms with Crippen LogP contribution in [0.3, 0.4) is 0 Å². The Labute approximate surface area is 80.9 Å². The smallest absolute Gasteiger partial charge is 0.317 e. The molecule has 1 saturated carbocycles. The molecule has 0 saturated heterocycles. The lowest BCUT2D eigenvalue weighted by atomic mass is 9.68. The Morgan fingerprint density at radius 2 is 2.36 bits per heavy atom. The van der Waals surface area contributed by atoms with Crippen LogP contribution in [0.15, 0.2) is 0 Å². The van der Waals surface area contributed by atoms with Crippen LogP contribution in [0.1, 0.15) is 32.0 Å². The number of carboxylic acids is 1. The van der Waals surface area contributed by atoms with Crippen molar-refractivity contribution in [2.45, 2.75) is 38.1 Å². The third kappa shape index (κ3) is 1.10. The van der Waals surface area contributed by atoms with Gasteiger partial charge >= 0.3 is 5.97 Å². The predicted molar refractivity (Wildman–Crippen MR) is 46.7 cm³/mol. The molecule has 14 heavy (non-hydrogen) atoms. The molecule has 0 unspecified atom stereocenters. The van der Waals surface area contributed by atoms with E-state index in [1.807, 2.05) is 6.92 Å². The van der Waals surface area contributed by atoms with Crippen molar-refractivity contribution in [3.63, 3.8) is 0 Å². The number of aromatic nitrogens is 4. The minimum absolute atomic E-state index is 0.359. The van der Waals surface area contributed by atoms with E-state index >= 15 is 0 Å². The van der Waals surface area contributed by atoms with E-state index in [4.69, 9.17) is 5.11 Å². The first-order valence-electron chi connectivity index (χ1n) is 4.71. The lowest BCUT2D eigenvalue weighted by molar-refractivity contribution is -0.147. The first kappa shape index (κ1) is 9.11. The fourth-order valence-electron chi connectivity index (χ4n) is 1.63. The van der Waals surface area contributed by atoms with Gasteiger partial charge in [0.15, 0.2) is 5.82 Å². The quantitative estimate of drug-likeness (QED) is 0.746. The third-order valence-electron chi connectivity index (χ3n) is 2.78. The SMILES string of the molecule is CCn1nnc(C2(C(=O)O)CCC2)n1. The summed E-state index contributed by atoms with van der Waals surface area (Å²) in [6, 6.07) is 0. The van der Waals surface area contributed by atoms with Crippen molar-refractivity contribution in [2.75, 3.05) is 0 Å². The molecular weight excluding hydrogens is 184 g/mol. The van der Waals surface area contributed by atoms with Crippen LogP contribution in [0.2, 0.25) is 0 Å². The minimum atomic E-state index is -0.854. The zero-order valence-electron chi connectivity index (χ0n) is 7.97. The monoisotopic (exact) mass is 196 g/mol. The van der Waals surface area contributed by atoms with Crippen LogP contribution < -0.4 is 0 Å². The maximum absolute atomic E-state index is 11.1. The molecule has 1 aromatic rings. The molecule has 2 rings (SSSR count). The zero-order chi connectivity index (χ0) is 10.2. The standard InChI is InChI=1S/C8H12N4O2/c1-2-12-10-6(9-11-12)8(7(13)14)4-3-5-8/h2-5H2,1H3,(H,13,14). The summed E-state index contributed by atoms with van der Waals surface area (Å²) in [4.78, 5) is 12.5. The zero-order valence-corrected chi connectivity index (χ0v) is 7.97. The van der Waals surface area contributed by atoms with Gasteiger partial charge in [0.05, 0.1) is 6.54 Å². The number of rotatable bonds is 3. The Balaban J connectivity index is 2.32. The number of aryl methyl sites for hydroxylation is 1. The lowest BCUT2D eigenvalue weighted by Crippen LogP contribution is -2.43. The van der Waals surface area contributed by atoms with Crippen LogP contribution in [0, 0.1) is 0 Å². The Morgan fingerprint density at radius 1 is 1.64 bits per heavy atom. The van der Waals surface area contributed by atoms with E-state index in [0.29, 0.717) is 25.2 Å². The summed E-state index contributed by atoms with van der Waals surface area (Å²) in [6.45, 7) is 2.50. The van der Waals surface area contributed by atoms with Crippen molar-refractivity contribution in [3.05, 3.63) is 5.82 Å². The van der Waals surface area contributed by atoms with E-state index in [2.05, 4.69) is 15.4 Å². The van der Waals surface area contributed by atoms with Crippen LogP contribution >= 0.6 is 0 Å². The van der Waals surface area contributed by atoms with Crippen LogP contribution in [0.4, 0.5) is 0 Å². The second-order valence-corrected chi connectivity index (χ2v) is 3.54.